The lowest BCUT2D eigenvalue weighted by atomic mass is 9.73. The number of aryl methyl sites for hydroxylation is 1. The molecule has 3 heteroatoms. The first-order chi connectivity index (χ1) is 9.69. The fraction of sp³-hybridized carbons (Fsp3) is 0.706. The number of hydrogen-bond donors (Lipinski definition) is 1. The molecule has 0 amide bonds. The van der Waals surface area contributed by atoms with Crippen LogP contribution >= 0.6 is 0 Å². The van der Waals surface area contributed by atoms with E-state index in [1.807, 2.05) is 12.3 Å². The Bertz CT molecular complexity index is 449. The average Bonchev–Trinajstić information content (AvgIpc) is 2.47. The summed E-state index contributed by atoms with van der Waals surface area (Å²) in [5.41, 5.74) is 8.92. The maximum atomic E-state index is 6.51. The van der Waals surface area contributed by atoms with Gasteiger partial charge in [-0.05, 0) is 56.2 Å². The summed E-state index contributed by atoms with van der Waals surface area (Å²) >= 11 is 0. The highest BCUT2D eigenvalue weighted by atomic mass is 16.5. The molecule has 1 aliphatic carbocycles. The van der Waals surface area contributed by atoms with Crippen molar-refractivity contribution in [2.45, 2.75) is 63.5 Å². The Morgan fingerprint density at radius 3 is 2.90 bits per heavy atom. The van der Waals surface area contributed by atoms with Crippen molar-refractivity contribution < 1.29 is 4.74 Å². The van der Waals surface area contributed by atoms with Gasteiger partial charge in [-0.15, -0.1) is 0 Å². The lowest BCUT2D eigenvalue weighted by Crippen LogP contribution is -2.44. The largest absolute Gasteiger partial charge is 0.375 e. The average molecular weight is 274 g/mol. The van der Waals surface area contributed by atoms with Crippen molar-refractivity contribution >= 4 is 0 Å². The van der Waals surface area contributed by atoms with E-state index < -0.39 is 0 Å². The fourth-order valence-corrected chi connectivity index (χ4v) is 3.90. The van der Waals surface area contributed by atoms with Gasteiger partial charge >= 0.3 is 0 Å². The Morgan fingerprint density at radius 2 is 2.15 bits per heavy atom. The zero-order valence-electron chi connectivity index (χ0n) is 12.5. The van der Waals surface area contributed by atoms with Crippen molar-refractivity contribution in [2.75, 3.05) is 6.61 Å². The third-order valence-corrected chi connectivity index (χ3v) is 5.08. The minimum absolute atomic E-state index is 0.0533. The molecule has 1 saturated carbocycles. The molecule has 2 fully saturated rings. The Balaban J connectivity index is 1.73. The smallest absolute Gasteiger partial charge is 0.0686 e. The highest BCUT2D eigenvalue weighted by Crippen LogP contribution is 2.43. The van der Waals surface area contributed by atoms with Crippen molar-refractivity contribution in [1.29, 1.82) is 0 Å². The number of ether oxygens (including phenoxy) is 1. The van der Waals surface area contributed by atoms with Crippen LogP contribution in [0.5, 0.6) is 0 Å². The second-order valence-electron chi connectivity index (χ2n) is 6.63. The summed E-state index contributed by atoms with van der Waals surface area (Å²) in [5, 5.41) is 0. The van der Waals surface area contributed by atoms with Crippen molar-refractivity contribution in [3.63, 3.8) is 0 Å². The van der Waals surface area contributed by atoms with Gasteiger partial charge in [0.05, 0.1) is 17.3 Å². The third-order valence-electron chi connectivity index (χ3n) is 5.08. The molecule has 1 spiro atoms. The van der Waals surface area contributed by atoms with E-state index in [0.29, 0.717) is 5.92 Å². The van der Waals surface area contributed by atoms with Crippen LogP contribution in [0.15, 0.2) is 18.3 Å². The third kappa shape index (κ3) is 2.89. The van der Waals surface area contributed by atoms with Crippen molar-refractivity contribution in [3.8, 4) is 0 Å². The first kappa shape index (κ1) is 14.0. The first-order valence-electron chi connectivity index (χ1n) is 8.01. The standard InChI is InChI=1S/C17H26N2O/c1-13-5-9-19-15(11-13)16(18)14-6-10-20-17(12-14)7-3-2-4-8-17/h5,9,11,14,16H,2-4,6-8,10,12,18H2,1H3. The van der Waals surface area contributed by atoms with E-state index in [1.165, 1.54) is 37.7 Å². The predicted octanol–water partition coefficient (Wildman–Crippen LogP) is 3.52. The zero-order valence-corrected chi connectivity index (χ0v) is 12.5. The van der Waals surface area contributed by atoms with Crippen molar-refractivity contribution in [1.82, 2.24) is 4.98 Å². The molecule has 0 bridgehead atoms. The Hall–Kier alpha value is -0.930. The second kappa shape index (κ2) is 5.82. The van der Waals surface area contributed by atoms with Crippen LogP contribution in [0.1, 0.15) is 62.2 Å². The van der Waals surface area contributed by atoms with Crippen molar-refractivity contribution in [2.24, 2.45) is 11.7 Å². The van der Waals surface area contributed by atoms with Crippen LogP contribution in [-0.2, 0) is 4.74 Å². The number of rotatable bonds is 2. The molecule has 2 N–H and O–H groups in total. The van der Waals surface area contributed by atoms with Gasteiger partial charge in [-0.2, -0.15) is 0 Å². The lowest BCUT2D eigenvalue weighted by molar-refractivity contribution is -0.120. The predicted molar refractivity (Wildman–Crippen MR) is 80.4 cm³/mol. The van der Waals surface area contributed by atoms with Crippen LogP contribution in [0.2, 0.25) is 0 Å². The molecule has 0 aromatic carbocycles. The number of hydrogen-bond acceptors (Lipinski definition) is 3. The van der Waals surface area contributed by atoms with Gasteiger partial charge in [0.2, 0.25) is 0 Å². The van der Waals surface area contributed by atoms with Crippen LogP contribution in [-0.4, -0.2) is 17.2 Å². The molecular formula is C17H26N2O. The Labute approximate surface area is 121 Å². The zero-order chi connectivity index (χ0) is 14.0. The topological polar surface area (TPSA) is 48.1 Å². The summed E-state index contributed by atoms with van der Waals surface area (Å²) in [6.07, 6.45) is 10.5. The molecule has 1 aliphatic heterocycles. The summed E-state index contributed by atoms with van der Waals surface area (Å²) in [6, 6.07) is 4.22. The summed E-state index contributed by atoms with van der Waals surface area (Å²) < 4.78 is 6.17. The number of nitrogens with two attached hydrogens (primary N) is 1. The summed E-state index contributed by atoms with van der Waals surface area (Å²) in [7, 11) is 0. The van der Waals surface area contributed by atoms with Gasteiger partial charge in [-0.25, -0.2) is 0 Å². The van der Waals surface area contributed by atoms with Gasteiger partial charge in [0.15, 0.2) is 0 Å². The van der Waals surface area contributed by atoms with Gasteiger partial charge in [0.1, 0.15) is 0 Å². The molecule has 1 aromatic rings. The minimum Gasteiger partial charge on any atom is -0.375 e. The van der Waals surface area contributed by atoms with E-state index in [2.05, 4.69) is 18.0 Å². The number of aromatic nitrogens is 1. The molecule has 3 rings (SSSR count). The van der Waals surface area contributed by atoms with Crippen LogP contribution in [0.25, 0.3) is 0 Å². The quantitative estimate of drug-likeness (QED) is 0.897. The Morgan fingerprint density at radius 1 is 1.35 bits per heavy atom. The molecule has 2 aliphatic rings. The Kier molecular flexibility index (Phi) is 4.08. The molecule has 0 radical (unpaired) electrons. The summed E-state index contributed by atoms with van der Waals surface area (Å²) in [5.74, 6) is 0.510. The van der Waals surface area contributed by atoms with E-state index in [0.717, 1.165) is 25.1 Å². The van der Waals surface area contributed by atoms with Gasteiger partial charge in [0.25, 0.3) is 0 Å². The summed E-state index contributed by atoms with van der Waals surface area (Å²) in [4.78, 5) is 4.48. The second-order valence-corrected chi connectivity index (χ2v) is 6.63. The van der Waals surface area contributed by atoms with E-state index in [-0.39, 0.29) is 11.6 Å². The molecule has 1 saturated heterocycles. The summed E-state index contributed by atoms with van der Waals surface area (Å²) in [6.45, 7) is 2.97. The van der Waals surface area contributed by atoms with Crippen LogP contribution in [0.4, 0.5) is 0 Å². The van der Waals surface area contributed by atoms with Gasteiger partial charge < -0.3 is 10.5 Å². The van der Waals surface area contributed by atoms with E-state index in [4.69, 9.17) is 10.5 Å². The molecule has 2 unspecified atom stereocenters. The normalized spacial score (nSPS) is 27.4. The van der Waals surface area contributed by atoms with Gasteiger partial charge in [0, 0.05) is 12.8 Å². The molecule has 1 aromatic heterocycles. The molecule has 2 heterocycles. The number of nitrogens with zero attached hydrogens (tertiary/aromatic N) is 1. The van der Waals surface area contributed by atoms with E-state index in [9.17, 15) is 0 Å². The lowest BCUT2D eigenvalue weighted by Gasteiger charge is -2.44. The maximum absolute atomic E-state index is 6.51. The SMILES string of the molecule is Cc1ccnc(C(N)C2CCOC3(CCCCC3)C2)c1. The monoisotopic (exact) mass is 274 g/mol. The number of pyridine rings is 1. The van der Waals surface area contributed by atoms with Crippen LogP contribution in [0, 0.1) is 12.8 Å². The van der Waals surface area contributed by atoms with Crippen molar-refractivity contribution in [3.05, 3.63) is 29.6 Å². The van der Waals surface area contributed by atoms with Crippen LogP contribution in [0.3, 0.4) is 0 Å². The van der Waals surface area contributed by atoms with E-state index >= 15 is 0 Å². The molecule has 110 valence electrons. The molecule has 2 atom stereocenters. The molecule has 20 heavy (non-hydrogen) atoms. The first-order valence-corrected chi connectivity index (χ1v) is 8.01. The highest BCUT2D eigenvalue weighted by Gasteiger charge is 2.40. The highest BCUT2D eigenvalue weighted by molar-refractivity contribution is 5.18. The molecular weight excluding hydrogens is 248 g/mol. The maximum Gasteiger partial charge on any atom is 0.0686 e. The molecule has 3 nitrogen and oxygen atoms in total. The minimum atomic E-state index is 0.0533. The fourth-order valence-electron chi connectivity index (χ4n) is 3.90. The van der Waals surface area contributed by atoms with Gasteiger partial charge in [-0.1, -0.05) is 19.3 Å². The van der Waals surface area contributed by atoms with E-state index in [1.54, 1.807) is 0 Å². The van der Waals surface area contributed by atoms with Crippen LogP contribution < -0.4 is 5.73 Å². The van der Waals surface area contributed by atoms with Gasteiger partial charge in [-0.3, -0.25) is 4.98 Å².